The van der Waals surface area contributed by atoms with Crippen molar-refractivity contribution in [3.63, 3.8) is 0 Å². The zero-order valence-corrected chi connectivity index (χ0v) is 10.9. The van der Waals surface area contributed by atoms with Crippen molar-refractivity contribution < 1.29 is 0 Å². The molecule has 0 aliphatic heterocycles. The minimum absolute atomic E-state index is 0. The molecule has 0 bridgehead atoms. The van der Waals surface area contributed by atoms with Crippen LogP contribution < -0.4 is 5.73 Å². The van der Waals surface area contributed by atoms with Gasteiger partial charge in [-0.1, -0.05) is 24.3 Å². The molecule has 1 rings (SSSR count). The van der Waals surface area contributed by atoms with Crippen LogP contribution in [0, 0.1) is 3.57 Å². The van der Waals surface area contributed by atoms with Crippen molar-refractivity contribution in [2.24, 2.45) is 5.73 Å². The number of nitrogens with two attached hydrogens (primary N) is 1. The summed E-state index contributed by atoms with van der Waals surface area (Å²) >= 11 is 2.32. The molecule has 14 heavy (non-hydrogen) atoms. The molecule has 1 aromatic carbocycles. The van der Waals surface area contributed by atoms with Gasteiger partial charge in [0, 0.05) is 9.61 Å². The van der Waals surface area contributed by atoms with Gasteiger partial charge in [-0.05, 0) is 47.1 Å². The summed E-state index contributed by atoms with van der Waals surface area (Å²) in [6.07, 6.45) is 3.87. The van der Waals surface area contributed by atoms with Crippen LogP contribution in [0.3, 0.4) is 0 Å². The average molecular weight is 324 g/mol. The van der Waals surface area contributed by atoms with Gasteiger partial charge in [0.05, 0.1) is 0 Å². The Morgan fingerprint density at radius 1 is 1.43 bits per heavy atom. The number of halogens is 2. The molecule has 0 saturated heterocycles. The smallest absolute Gasteiger partial charge is 0.0308 e. The van der Waals surface area contributed by atoms with Crippen molar-refractivity contribution in [3.8, 4) is 0 Å². The van der Waals surface area contributed by atoms with Gasteiger partial charge in [-0.15, -0.1) is 19.0 Å². The van der Waals surface area contributed by atoms with E-state index in [1.54, 1.807) is 0 Å². The maximum Gasteiger partial charge on any atom is 0.0308 e. The number of rotatable bonds is 4. The van der Waals surface area contributed by atoms with Crippen LogP contribution in [-0.2, 0) is 0 Å². The van der Waals surface area contributed by atoms with E-state index in [0.717, 1.165) is 12.8 Å². The van der Waals surface area contributed by atoms with E-state index in [0.29, 0.717) is 0 Å². The predicted molar refractivity (Wildman–Crippen MR) is 72.8 cm³/mol. The number of hydrogen-bond acceptors (Lipinski definition) is 1. The molecule has 0 heterocycles. The van der Waals surface area contributed by atoms with Crippen LogP contribution in [0.2, 0.25) is 0 Å². The molecule has 0 unspecified atom stereocenters. The van der Waals surface area contributed by atoms with E-state index >= 15 is 0 Å². The lowest BCUT2D eigenvalue weighted by Gasteiger charge is -2.12. The molecule has 3 heteroatoms. The monoisotopic (exact) mass is 323 g/mol. The minimum atomic E-state index is 0. The highest BCUT2D eigenvalue weighted by Gasteiger charge is 2.07. The Balaban J connectivity index is 0.00000169. The Morgan fingerprint density at radius 3 is 2.64 bits per heavy atom. The molecule has 0 aromatic heterocycles. The summed E-state index contributed by atoms with van der Waals surface area (Å²) in [7, 11) is 0. The van der Waals surface area contributed by atoms with Gasteiger partial charge in [0.15, 0.2) is 0 Å². The van der Waals surface area contributed by atoms with E-state index < -0.39 is 0 Å². The Labute approximate surface area is 105 Å². The summed E-state index contributed by atoms with van der Waals surface area (Å²) in [5.41, 5.74) is 7.27. The number of benzene rings is 1. The quantitative estimate of drug-likeness (QED) is 0.664. The lowest BCUT2D eigenvalue weighted by molar-refractivity contribution is 0.658. The molecule has 0 saturated carbocycles. The second-order valence-electron chi connectivity index (χ2n) is 2.99. The van der Waals surface area contributed by atoms with Crippen LogP contribution in [0.1, 0.15) is 24.4 Å². The van der Waals surface area contributed by atoms with Crippen LogP contribution in [0.5, 0.6) is 0 Å². The Morgan fingerprint density at radius 2 is 2.07 bits per heavy atom. The standard InChI is InChI=1S/C11H14IN.ClH/c1-2-3-8-11(13)9-6-4-5-7-10(9)12;/h2,4-7,11H,1,3,8,13H2;1H/t11-;/m0./s1. The summed E-state index contributed by atoms with van der Waals surface area (Å²) in [5, 5.41) is 0. The first kappa shape index (κ1) is 13.9. The molecule has 0 fully saturated rings. The highest BCUT2D eigenvalue weighted by molar-refractivity contribution is 14.1. The highest BCUT2D eigenvalue weighted by atomic mass is 127. The molecule has 0 amide bonds. The van der Waals surface area contributed by atoms with E-state index in [4.69, 9.17) is 5.73 Å². The number of allylic oxidation sites excluding steroid dienone is 1. The van der Waals surface area contributed by atoms with E-state index in [1.807, 2.05) is 18.2 Å². The van der Waals surface area contributed by atoms with Crippen LogP contribution in [0.15, 0.2) is 36.9 Å². The first-order valence-electron chi connectivity index (χ1n) is 4.36. The Kier molecular flexibility index (Phi) is 7.23. The molecule has 1 atom stereocenters. The highest BCUT2D eigenvalue weighted by Crippen LogP contribution is 2.21. The zero-order chi connectivity index (χ0) is 9.68. The topological polar surface area (TPSA) is 26.0 Å². The molecule has 0 radical (unpaired) electrons. The second-order valence-corrected chi connectivity index (χ2v) is 4.16. The third kappa shape index (κ3) is 3.98. The fraction of sp³-hybridized carbons (Fsp3) is 0.273. The molecular weight excluding hydrogens is 308 g/mol. The normalized spacial score (nSPS) is 11.6. The van der Waals surface area contributed by atoms with Crippen molar-refractivity contribution in [2.75, 3.05) is 0 Å². The lowest BCUT2D eigenvalue weighted by atomic mass is 10.0. The molecule has 0 spiro atoms. The summed E-state index contributed by atoms with van der Waals surface area (Å²) in [6.45, 7) is 3.69. The van der Waals surface area contributed by atoms with E-state index in [-0.39, 0.29) is 18.4 Å². The molecule has 2 N–H and O–H groups in total. The van der Waals surface area contributed by atoms with Crippen LogP contribution in [-0.4, -0.2) is 0 Å². The predicted octanol–water partition coefficient (Wildman–Crippen LogP) is 3.68. The molecule has 0 aliphatic carbocycles. The second kappa shape index (κ2) is 7.26. The van der Waals surface area contributed by atoms with Crippen LogP contribution >= 0.6 is 35.0 Å². The molecule has 1 nitrogen and oxygen atoms in total. The van der Waals surface area contributed by atoms with E-state index in [1.165, 1.54) is 9.13 Å². The third-order valence-electron chi connectivity index (χ3n) is 1.99. The van der Waals surface area contributed by atoms with E-state index in [9.17, 15) is 0 Å². The van der Waals surface area contributed by atoms with Gasteiger partial charge in [0.1, 0.15) is 0 Å². The van der Waals surface area contributed by atoms with Gasteiger partial charge >= 0.3 is 0 Å². The van der Waals surface area contributed by atoms with Gasteiger partial charge in [-0.25, -0.2) is 0 Å². The summed E-state index contributed by atoms with van der Waals surface area (Å²) in [4.78, 5) is 0. The Bertz CT molecular complexity index is 288. The minimum Gasteiger partial charge on any atom is -0.324 e. The molecule has 78 valence electrons. The third-order valence-corrected chi connectivity index (χ3v) is 2.97. The van der Waals surface area contributed by atoms with Gasteiger partial charge in [0.2, 0.25) is 0 Å². The van der Waals surface area contributed by atoms with Gasteiger partial charge in [0.25, 0.3) is 0 Å². The lowest BCUT2D eigenvalue weighted by Crippen LogP contribution is -2.11. The van der Waals surface area contributed by atoms with Gasteiger partial charge in [-0.2, -0.15) is 0 Å². The fourth-order valence-corrected chi connectivity index (χ4v) is 2.02. The van der Waals surface area contributed by atoms with Crippen molar-refractivity contribution in [1.29, 1.82) is 0 Å². The molecule has 0 aliphatic rings. The summed E-state index contributed by atoms with van der Waals surface area (Å²) < 4.78 is 1.25. The van der Waals surface area contributed by atoms with Crippen molar-refractivity contribution >= 4 is 35.0 Å². The van der Waals surface area contributed by atoms with Crippen LogP contribution in [0.25, 0.3) is 0 Å². The SMILES string of the molecule is C=CCC[C@H](N)c1ccccc1I.Cl. The van der Waals surface area contributed by atoms with Gasteiger partial charge < -0.3 is 5.73 Å². The molecular formula is C11H15ClIN. The van der Waals surface area contributed by atoms with E-state index in [2.05, 4.69) is 41.3 Å². The number of hydrogen-bond donors (Lipinski definition) is 1. The summed E-state index contributed by atoms with van der Waals surface area (Å²) in [6, 6.07) is 8.39. The van der Waals surface area contributed by atoms with Crippen molar-refractivity contribution in [1.82, 2.24) is 0 Å². The first-order chi connectivity index (χ1) is 6.25. The summed E-state index contributed by atoms with van der Waals surface area (Å²) in [5.74, 6) is 0. The fourth-order valence-electron chi connectivity index (χ4n) is 1.23. The van der Waals surface area contributed by atoms with Gasteiger partial charge in [-0.3, -0.25) is 0 Å². The maximum atomic E-state index is 6.03. The first-order valence-corrected chi connectivity index (χ1v) is 5.44. The Hall–Kier alpha value is -0.0600. The zero-order valence-electron chi connectivity index (χ0n) is 7.95. The largest absolute Gasteiger partial charge is 0.324 e. The maximum absolute atomic E-state index is 6.03. The van der Waals surface area contributed by atoms with Crippen molar-refractivity contribution in [2.45, 2.75) is 18.9 Å². The average Bonchev–Trinajstić information content (AvgIpc) is 2.15. The van der Waals surface area contributed by atoms with Crippen LogP contribution in [0.4, 0.5) is 0 Å². The van der Waals surface area contributed by atoms with Crippen molar-refractivity contribution in [3.05, 3.63) is 46.1 Å². The molecule has 1 aromatic rings.